The number of aromatic nitrogens is 1. The molecule has 0 radical (unpaired) electrons. The number of carbonyl (C=O) groups is 1. The first-order valence-electron chi connectivity index (χ1n) is 8.76. The Morgan fingerprint density at radius 1 is 1.36 bits per heavy atom. The first-order valence-corrected chi connectivity index (χ1v) is 10.0. The Morgan fingerprint density at radius 3 is 2.84 bits per heavy atom. The molecule has 1 amide bonds. The Balaban J connectivity index is 1.67. The van der Waals surface area contributed by atoms with E-state index in [2.05, 4.69) is 5.32 Å². The molecule has 134 valence electrons. The summed E-state index contributed by atoms with van der Waals surface area (Å²) in [6.07, 6.45) is 6.58. The van der Waals surface area contributed by atoms with E-state index in [9.17, 15) is 4.79 Å². The topological polar surface area (TPSA) is 46.4 Å². The SMILES string of the molecule is Cc1ccc(NC(=O)Cc2csc(=NC3CCCCC3)n2C)cc1Cl. The van der Waals surface area contributed by atoms with Crippen LogP contribution in [0.1, 0.15) is 43.4 Å². The lowest BCUT2D eigenvalue weighted by Crippen LogP contribution is -2.22. The van der Waals surface area contributed by atoms with Crippen LogP contribution in [0.2, 0.25) is 5.02 Å². The van der Waals surface area contributed by atoms with Gasteiger partial charge in [-0.2, -0.15) is 0 Å². The Hall–Kier alpha value is -1.59. The number of carbonyl (C=O) groups excluding carboxylic acids is 1. The molecule has 1 aliphatic carbocycles. The number of nitrogens with one attached hydrogen (secondary N) is 1. The molecule has 3 rings (SSSR count). The number of anilines is 1. The third-order valence-electron chi connectivity index (χ3n) is 4.68. The van der Waals surface area contributed by atoms with Crippen molar-refractivity contribution in [1.82, 2.24) is 4.57 Å². The highest BCUT2D eigenvalue weighted by Gasteiger charge is 2.13. The fourth-order valence-corrected chi connectivity index (χ4v) is 4.23. The zero-order chi connectivity index (χ0) is 17.8. The van der Waals surface area contributed by atoms with Crippen LogP contribution in [-0.2, 0) is 18.3 Å². The molecule has 1 N–H and O–H groups in total. The standard InChI is InChI=1S/C19H24ClN3OS/c1-13-8-9-15(10-17(13)20)21-18(24)11-16-12-25-19(23(16)2)22-14-6-4-3-5-7-14/h8-10,12,14H,3-7,11H2,1-2H3,(H,21,24). The predicted octanol–water partition coefficient (Wildman–Crippen LogP) is 4.46. The molecule has 0 atom stereocenters. The van der Waals surface area contributed by atoms with Crippen LogP contribution < -0.4 is 10.1 Å². The van der Waals surface area contributed by atoms with Crippen LogP contribution >= 0.6 is 22.9 Å². The molecule has 1 heterocycles. The predicted molar refractivity (Wildman–Crippen MR) is 104 cm³/mol. The molecular formula is C19H24ClN3OS. The largest absolute Gasteiger partial charge is 0.326 e. The second-order valence-corrected chi connectivity index (χ2v) is 7.92. The van der Waals surface area contributed by atoms with Crippen LogP contribution in [0.3, 0.4) is 0 Å². The van der Waals surface area contributed by atoms with Crippen molar-refractivity contribution >= 4 is 34.5 Å². The van der Waals surface area contributed by atoms with Crippen molar-refractivity contribution in [1.29, 1.82) is 0 Å². The molecular weight excluding hydrogens is 354 g/mol. The molecule has 1 fully saturated rings. The lowest BCUT2D eigenvalue weighted by Gasteiger charge is -2.16. The number of halogens is 1. The van der Waals surface area contributed by atoms with Crippen molar-refractivity contribution in [3.05, 3.63) is 44.7 Å². The van der Waals surface area contributed by atoms with E-state index in [-0.39, 0.29) is 5.91 Å². The molecule has 0 aliphatic heterocycles. The van der Waals surface area contributed by atoms with Crippen LogP contribution in [0.25, 0.3) is 0 Å². The van der Waals surface area contributed by atoms with Crippen molar-refractivity contribution in [3.8, 4) is 0 Å². The first kappa shape index (κ1) is 18.2. The number of thiazole rings is 1. The second-order valence-electron chi connectivity index (χ2n) is 6.68. The van der Waals surface area contributed by atoms with Gasteiger partial charge in [-0.3, -0.25) is 9.79 Å². The van der Waals surface area contributed by atoms with Crippen LogP contribution in [0.15, 0.2) is 28.6 Å². The van der Waals surface area contributed by atoms with Gasteiger partial charge in [0.05, 0.1) is 12.5 Å². The minimum absolute atomic E-state index is 0.0439. The van der Waals surface area contributed by atoms with E-state index < -0.39 is 0 Å². The van der Waals surface area contributed by atoms with Gasteiger partial charge < -0.3 is 9.88 Å². The minimum Gasteiger partial charge on any atom is -0.326 e. The van der Waals surface area contributed by atoms with Crippen LogP contribution in [0.4, 0.5) is 5.69 Å². The van der Waals surface area contributed by atoms with E-state index in [4.69, 9.17) is 16.6 Å². The smallest absolute Gasteiger partial charge is 0.230 e. The van der Waals surface area contributed by atoms with Crippen molar-refractivity contribution in [3.63, 3.8) is 0 Å². The van der Waals surface area contributed by atoms with Crippen molar-refractivity contribution < 1.29 is 4.79 Å². The zero-order valence-corrected chi connectivity index (χ0v) is 16.3. The molecule has 1 aromatic heterocycles. The fraction of sp³-hybridized carbons (Fsp3) is 0.474. The van der Waals surface area contributed by atoms with E-state index in [1.54, 1.807) is 17.4 Å². The lowest BCUT2D eigenvalue weighted by atomic mass is 9.96. The minimum atomic E-state index is -0.0439. The van der Waals surface area contributed by atoms with Gasteiger partial charge in [0, 0.05) is 28.8 Å². The molecule has 1 aliphatic rings. The van der Waals surface area contributed by atoms with Crippen molar-refractivity contribution in [2.24, 2.45) is 12.0 Å². The second kappa shape index (κ2) is 8.19. The lowest BCUT2D eigenvalue weighted by molar-refractivity contribution is -0.115. The third-order valence-corrected chi connectivity index (χ3v) is 6.07. The maximum atomic E-state index is 12.3. The average Bonchev–Trinajstić information content (AvgIpc) is 2.92. The molecule has 2 aromatic rings. The van der Waals surface area contributed by atoms with E-state index in [1.165, 1.54) is 32.1 Å². The Morgan fingerprint density at radius 2 is 2.12 bits per heavy atom. The molecule has 1 saturated carbocycles. The summed E-state index contributed by atoms with van der Waals surface area (Å²) in [4.78, 5) is 18.2. The maximum absolute atomic E-state index is 12.3. The highest BCUT2D eigenvalue weighted by Crippen LogP contribution is 2.21. The Kier molecular flexibility index (Phi) is 5.97. The van der Waals surface area contributed by atoms with Crippen molar-refractivity contribution in [2.75, 3.05) is 5.32 Å². The monoisotopic (exact) mass is 377 g/mol. The third kappa shape index (κ3) is 4.73. The number of rotatable bonds is 4. The van der Waals surface area contributed by atoms with Gasteiger partial charge in [-0.15, -0.1) is 11.3 Å². The van der Waals surface area contributed by atoms with Gasteiger partial charge in [0.25, 0.3) is 0 Å². The van der Waals surface area contributed by atoms with Gasteiger partial charge in [0.1, 0.15) is 0 Å². The molecule has 0 unspecified atom stereocenters. The van der Waals surface area contributed by atoms with Gasteiger partial charge >= 0.3 is 0 Å². The molecule has 0 bridgehead atoms. The van der Waals surface area contributed by atoms with Crippen LogP contribution in [-0.4, -0.2) is 16.5 Å². The molecule has 0 spiro atoms. The maximum Gasteiger partial charge on any atom is 0.230 e. The first-order chi connectivity index (χ1) is 12.0. The summed E-state index contributed by atoms with van der Waals surface area (Å²) < 4.78 is 2.04. The van der Waals surface area contributed by atoms with Crippen molar-refractivity contribution in [2.45, 2.75) is 51.5 Å². The van der Waals surface area contributed by atoms with Gasteiger partial charge in [-0.05, 0) is 37.5 Å². The number of hydrogen-bond donors (Lipinski definition) is 1. The molecule has 0 saturated heterocycles. The summed E-state index contributed by atoms with van der Waals surface area (Å²) in [5.74, 6) is -0.0439. The van der Waals surface area contributed by atoms with E-state index in [0.717, 1.165) is 21.7 Å². The number of hydrogen-bond acceptors (Lipinski definition) is 3. The number of benzene rings is 1. The van der Waals surface area contributed by atoms with Gasteiger partial charge in [-0.1, -0.05) is 36.9 Å². The van der Waals surface area contributed by atoms with Gasteiger partial charge in [0.15, 0.2) is 4.80 Å². The van der Waals surface area contributed by atoms with E-state index in [0.29, 0.717) is 17.5 Å². The Bertz CT molecular complexity index is 818. The van der Waals surface area contributed by atoms with Gasteiger partial charge in [0.2, 0.25) is 5.91 Å². The highest BCUT2D eigenvalue weighted by atomic mass is 35.5. The quantitative estimate of drug-likeness (QED) is 0.839. The summed E-state index contributed by atoms with van der Waals surface area (Å²) in [5.41, 5.74) is 2.71. The molecule has 1 aromatic carbocycles. The molecule has 25 heavy (non-hydrogen) atoms. The number of nitrogens with zero attached hydrogens (tertiary/aromatic N) is 2. The molecule has 4 nitrogen and oxygen atoms in total. The molecule has 6 heteroatoms. The number of amides is 1. The summed E-state index contributed by atoms with van der Waals surface area (Å²) in [7, 11) is 1.99. The summed E-state index contributed by atoms with van der Waals surface area (Å²) in [5, 5.41) is 5.60. The zero-order valence-electron chi connectivity index (χ0n) is 14.7. The summed E-state index contributed by atoms with van der Waals surface area (Å²) >= 11 is 7.73. The fourth-order valence-electron chi connectivity index (χ4n) is 3.09. The summed E-state index contributed by atoms with van der Waals surface area (Å²) in [6.45, 7) is 1.94. The van der Waals surface area contributed by atoms with E-state index in [1.807, 2.05) is 36.1 Å². The normalized spacial score (nSPS) is 16.2. The summed E-state index contributed by atoms with van der Waals surface area (Å²) in [6, 6.07) is 6.00. The van der Waals surface area contributed by atoms with Gasteiger partial charge in [-0.25, -0.2) is 0 Å². The average molecular weight is 378 g/mol. The van der Waals surface area contributed by atoms with Crippen LogP contribution in [0, 0.1) is 6.92 Å². The highest BCUT2D eigenvalue weighted by molar-refractivity contribution is 7.07. The van der Waals surface area contributed by atoms with Crippen LogP contribution in [0.5, 0.6) is 0 Å². The Labute approximate surface area is 157 Å². The number of aryl methyl sites for hydroxylation is 1. The van der Waals surface area contributed by atoms with E-state index >= 15 is 0 Å².